The number of hydrogen-bond acceptors (Lipinski definition) is 3. The molecular weight excluding hydrogens is 216 g/mol. The van der Waals surface area contributed by atoms with Gasteiger partial charge in [-0.15, -0.1) is 0 Å². The summed E-state index contributed by atoms with van der Waals surface area (Å²) in [5, 5.41) is 0. The van der Waals surface area contributed by atoms with Crippen LogP contribution in [0.3, 0.4) is 0 Å². The molecule has 0 aromatic heterocycles. The number of aliphatic imine (C=N–C) groups is 1. The van der Waals surface area contributed by atoms with E-state index in [9.17, 15) is 0 Å². The Balaban J connectivity index is 2.51. The van der Waals surface area contributed by atoms with Crippen LogP contribution in [0.25, 0.3) is 5.57 Å². The van der Waals surface area contributed by atoms with Gasteiger partial charge in [0, 0.05) is 24.5 Å². The first kappa shape index (κ1) is 12.8. The predicted molar refractivity (Wildman–Crippen MR) is 75.0 cm³/mol. The molecule has 3 heteroatoms. The fraction of sp³-hybridized carbons (Fsp3) is 0.308. The lowest BCUT2D eigenvalue weighted by molar-refractivity contribution is 0.950. The molecule has 0 heterocycles. The second kappa shape index (κ2) is 7.99. The second-order valence-electron chi connectivity index (χ2n) is 3.37. The molecule has 1 aromatic carbocycles. The van der Waals surface area contributed by atoms with Gasteiger partial charge in [0.05, 0.1) is 0 Å². The minimum atomic E-state index is 0.866. The number of allylic oxidation sites excluding steroid dienone is 1. The number of nitrogens with zero attached hydrogens (tertiary/aromatic N) is 1. The van der Waals surface area contributed by atoms with Gasteiger partial charge in [0.25, 0.3) is 0 Å². The van der Waals surface area contributed by atoms with E-state index in [1.54, 1.807) is 6.20 Å². The molecule has 0 unspecified atom stereocenters. The van der Waals surface area contributed by atoms with Gasteiger partial charge in [-0.3, -0.25) is 4.99 Å². The maximum absolute atomic E-state index is 5.59. The van der Waals surface area contributed by atoms with E-state index >= 15 is 0 Å². The third-order valence-electron chi connectivity index (χ3n) is 2.15. The van der Waals surface area contributed by atoms with Crippen molar-refractivity contribution in [3.8, 4) is 0 Å². The van der Waals surface area contributed by atoms with E-state index in [4.69, 9.17) is 5.73 Å². The fourth-order valence-corrected chi connectivity index (χ4v) is 1.73. The molecule has 0 aliphatic carbocycles. The van der Waals surface area contributed by atoms with Gasteiger partial charge < -0.3 is 5.73 Å². The van der Waals surface area contributed by atoms with Crippen molar-refractivity contribution in [1.29, 1.82) is 0 Å². The van der Waals surface area contributed by atoms with Crippen LogP contribution < -0.4 is 5.73 Å². The smallest absolute Gasteiger partial charge is 0.0397 e. The van der Waals surface area contributed by atoms with Crippen LogP contribution in [0, 0.1) is 0 Å². The van der Waals surface area contributed by atoms with Crippen molar-refractivity contribution >= 4 is 23.5 Å². The molecule has 1 aromatic rings. The molecule has 0 aliphatic heterocycles. The Morgan fingerprint density at radius 2 is 2.12 bits per heavy atom. The molecule has 1 rings (SSSR count). The number of benzene rings is 1. The zero-order valence-corrected chi connectivity index (χ0v) is 10.4. The van der Waals surface area contributed by atoms with E-state index in [2.05, 4.69) is 11.2 Å². The average Bonchev–Trinajstić information content (AvgIpc) is 2.35. The molecule has 0 atom stereocenters. The summed E-state index contributed by atoms with van der Waals surface area (Å²) in [5.41, 5.74) is 7.67. The van der Waals surface area contributed by atoms with E-state index in [0.29, 0.717) is 0 Å². The Kier molecular flexibility index (Phi) is 6.42. The molecule has 0 radical (unpaired) electrons. The van der Waals surface area contributed by atoms with Crippen molar-refractivity contribution in [2.75, 3.05) is 18.6 Å². The van der Waals surface area contributed by atoms with Crippen LogP contribution in [0.1, 0.15) is 12.0 Å². The Labute approximate surface area is 102 Å². The number of nitrogens with two attached hydrogens (primary N) is 1. The minimum Gasteiger partial charge on any atom is -0.404 e. The lowest BCUT2D eigenvalue weighted by Crippen LogP contribution is -1.92. The monoisotopic (exact) mass is 234 g/mol. The van der Waals surface area contributed by atoms with E-state index in [-0.39, 0.29) is 0 Å². The van der Waals surface area contributed by atoms with E-state index in [1.807, 2.05) is 48.3 Å². The molecule has 0 fully saturated rings. The van der Waals surface area contributed by atoms with Crippen LogP contribution in [-0.4, -0.2) is 24.8 Å². The highest BCUT2D eigenvalue weighted by Crippen LogP contribution is 2.10. The second-order valence-corrected chi connectivity index (χ2v) is 4.36. The van der Waals surface area contributed by atoms with Gasteiger partial charge in [-0.05, 0) is 24.0 Å². The lowest BCUT2D eigenvalue weighted by Gasteiger charge is -2.00. The number of rotatable bonds is 6. The summed E-state index contributed by atoms with van der Waals surface area (Å²) in [6.07, 6.45) is 6.69. The summed E-state index contributed by atoms with van der Waals surface area (Å²) >= 11 is 1.85. The molecular formula is C13H18N2S. The van der Waals surface area contributed by atoms with Crippen LogP contribution in [-0.2, 0) is 0 Å². The summed E-state index contributed by atoms with van der Waals surface area (Å²) in [4.78, 5) is 4.37. The first-order valence-corrected chi connectivity index (χ1v) is 6.74. The zero-order chi connectivity index (χ0) is 11.6. The van der Waals surface area contributed by atoms with Crippen molar-refractivity contribution in [2.45, 2.75) is 6.42 Å². The normalized spacial score (nSPS) is 12.2. The van der Waals surface area contributed by atoms with Gasteiger partial charge in [0.15, 0.2) is 0 Å². The minimum absolute atomic E-state index is 0.866. The third-order valence-corrected chi connectivity index (χ3v) is 2.85. The maximum Gasteiger partial charge on any atom is 0.0397 e. The summed E-state index contributed by atoms with van der Waals surface area (Å²) in [6.45, 7) is 0.866. The van der Waals surface area contributed by atoms with Gasteiger partial charge in [-0.1, -0.05) is 30.3 Å². The Bertz CT molecular complexity index is 344. The quantitative estimate of drug-likeness (QED) is 0.607. The molecule has 86 valence electrons. The van der Waals surface area contributed by atoms with Crippen LogP contribution in [0.15, 0.2) is 41.5 Å². The topological polar surface area (TPSA) is 38.4 Å². The van der Waals surface area contributed by atoms with Crippen LogP contribution in [0.4, 0.5) is 0 Å². The van der Waals surface area contributed by atoms with Crippen molar-refractivity contribution in [2.24, 2.45) is 10.7 Å². The SMILES string of the molecule is CSCCCN=CC(=CN)c1ccccc1. The molecule has 0 amide bonds. The van der Waals surface area contributed by atoms with E-state index < -0.39 is 0 Å². The molecule has 16 heavy (non-hydrogen) atoms. The van der Waals surface area contributed by atoms with Crippen molar-refractivity contribution in [3.05, 3.63) is 42.1 Å². The van der Waals surface area contributed by atoms with Gasteiger partial charge in [0.1, 0.15) is 0 Å². The molecule has 2 nitrogen and oxygen atoms in total. The summed E-state index contributed by atoms with van der Waals surface area (Å²) in [7, 11) is 0. The molecule has 0 aliphatic rings. The van der Waals surface area contributed by atoms with E-state index in [0.717, 1.165) is 29.9 Å². The van der Waals surface area contributed by atoms with Gasteiger partial charge in [-0.2, -0.15) is 11.8 Å². The first-order chi connectivity index (χ1) is 7.88. The van der Waals surface area contributed by atoms with Crippen LogP contribution in [0.5, 0.6) is 0 Å². The summed E-state index contributed by atoms with van der Waals surface area (Å²) in [5.74, 6) is 1.16. The molecule has 0 saturated carbocycles. The van der Waals surface area contributed by atoms with Crippen LogP contribution >= 0.6 is 11.8 Å². The van der Waals surface area contributed by atoms with Gasteiger partial charge in [-0.25, -0.2) is 0 Å². The standard InChI is InChI=1S/C13H18N2S/c1-16-9-5-8-15-11-13(10-14)12-6-3-2-4-7-12/h2-4,6-7,10-11H,5,8-9,14H2,1H3. The fourth-order valence-electron chi connectivity index (χ4n) is 1.31. The van der Waals surface area contributed by atoms with Gasteiger partial charge in [0.2, 0.25) is 0 Å². The van der Waals surface area contributed by atoms with Crippen molar-refractivity contribution in [3.63, 3.8) is 0 Å². The Morgan fingerprint density at radius 1 is 1.38 bits per heavy atom. The Hall–Kier alpha value is -1.22. The third kappa shape index (κ3) is 4.53. The predicted octanol–water partition coefficient (Wildman–Crippen LogP) is 2.81. The maximum atomic E-state index is 5.59. The highest BCUT2D eigenvalue weighted by molar-refractivity contribution is 7.98. The average molecular weight is 234 g/mol. The molecule has 0 saturated heterocycles. The van der Waals surface area contributed by atoms with Crippen LogP contribution in [0.2, 0.25) is 0 Å². The lowest BCUT2D eigenvalue weighted by atomic mass is 10.1. The largest absolute Gasteiger partial charge is 0.404 e. The molecule has 2 N–H and O–H groups in total. The summed E-state index contributed by atoms with van der Waals surface area (Å²) in [6, 6.07) is 10.1. The van der Waals surface area contributed by atoms with Gasteiger partial charge >= 0.3 is 0 Å². The summed E-state index contributed by atoms with van der Waals surface area (Å²) < 4.78 is 0. The Morgan fingerprint density at radius 3 is 2.75 bits per heavy atom. The molecule has 0 bridgehead atoms. The number of thioether (sulfide) groups is 1. The molecule has 0 spiro atoms. The highest BCUT2D eigenvalue weighted by atomic mass is 32.2. The van der Waals surface area contributed by atoms with Crippen molar-refractivity contribution in [1.82, 2.24) is 0 Å². The van der Waals surface area contributed by atoms with E-state index in [1.165, 1.54) is 0 Å². The zero-order valence-electron chi connectivity index (χ0n) is 9.60. The van der Waals surface area contributed by atoms with Crippen molar-refractivity contribution < 1.29 is 0 Å². The highest BCUT2D eigenvalue weighted by Gasteiger charge is 1.95. The first-order valence-electron chi connectivity index (χ1n) is 5.34. The number of hydrogen-bond donors (Lipinski definition) is 1.